The van der Waals surface area contributed by atoms with Gasteiger partial charge in [-0.15, -0.1) is 5.10 Å². The lowest BCUT2D eigenvalue weighted by molar-refractivity contribution is 0.593. The lowest BCUT2D eigenvalue weighted by Crippen LogP contribution is -2.06. The van der Waals surface area contributed by atoms with Crippen molar-refractivity contribution in [1.29, 1.82) is 0 Å². The molecule has 0 aliphatic rings. The van der Waals surface area contributed by atoms with Gasteiger partial charge in [0.1, 0.15) is 0 Å². The number of unbranched alkanes of at least 4 members (excludes halogenated alkanes) is 1. The van der Waals surface area contributed by atoms with Gasteiger partial charge in [0.25, 0.3) is 0 Å². The molecule has 0 saturated heterocycles. The summed E-state index contributed by atoms with van der Waals surface area (Å²) in [5.74, 6) is 1.76. The second kappa shape index (κ2) is 6.32. The van der Waals surface area contributed by atoms with Crippen molar-refractivity contribution in [2.24, 2.45) is 0 Å². The molecule has 0 aliphatic carbocycles. The van der Waals surface area contributed by atoms with Crippen molar-refractivity contribution in [1.82, 2.24) is 15.0 Å². The predicted octanol–water partition coefficient (Wildman–Crippen LogP) is 1.46. The Hall–Kier alpha value is -0.160. The van der Waals surface area contributed by atoms with E-state index in [1.807, 2.05) is 10.9 Å². The zero-order valence-corrected chi connectivity index (χ0v) is 9.34. The average molecular weight is 217 g/mol. The molecular formula is C8H15N3S2. The van der Waals surface area contributed by atoms with Crippen LogP contribution in [0, 0.1) is 0 Å². The molecule has 0 saturated carbocycles. The zero-order chi connectivity index (χ0) is 9.52. The molecule has 0 aliphatic heterocycles. The van der Waals surface area contributed by atoms with Gasteiger partial charge in [-0.3, -0.25) is 0 Å². The summed E-state index contributed by atoms with van der Waals surface area (Å²) >= 11 is 8.33. The number of aryl methyl sites for hydroxylation is 2. The summed E-state index contributed by atoms with van der Waals surface area (Å²) < 4.78 is 1.92. The molecule has 0 N–H and O–H groups in total. The number of hydrogen-bond acceptors (Lipinski definition) is 4. The van der Waals surface area contributed by atoms with E-state index in [1.54, 1.807) is 0 Å². The number of hydrogen-bond donors (Lipinski definition) is 2. The third-order valence-corrected chi connectivity index (χ3v) is 2.37. The van der Waals surface area contributed by atoms with Crippen LogP contribution in [0.25, 0.3) is 0 Å². The van der Waals surface area contributed by atoms with Crippen molar-refractivity contribution in [3.63, 3.8) is 0 Å². The Labute approximate surface area is 89.7 Å². The highest BCUT2D eigenvalue weighted by Gasteiger charge is 2.01. The second-order valence-corrected chi connectivity index (χ2v) is 3.75. The van der Waals surface area contributed by atoms with Gasteiger partial charge in [0.15, 0.2) is 0 Å². The Morgan fingerprint density at radius 1 is 1.23 bits per heavy atom. The molecular weight excluding hydrogens is 202 g/mol. The van der Waals surface area contributed by atoms with E-state index in [9.17, 15) is 0 Å². The summed E-state index contributed by atoms with van der Waals surface area (Å²) in [6.45, 7) is 0.847. The van der Waals surface area contributed by atoms with Crippen molar-refractivity contribution in [2.45, 2.75) is 25.8 Å². The van der Waals surface area contributed by atoms with Crippen molar-refractivity contribution >= 4 is 25.3 Å². The molecule has 1 aromatic rings. The fraction of sp³-hybridized carbons (Fsp3) is 0.750. The Bertz CT molecular complexity index is 237. The molecule has 13 heavy (non-hydrogen) atoms. The monoisotopic (exact) mass is 217 g/mol. The van der Waals surface area contributed by atoms with E-state index in [0.717, 1.165) is 37.3 Å². The first-order chi connectivity index (χ1) is 6.38. The minimum atomic E-state index is 0.808. The molecule has 74 valence electrons. The van der Waals surface area contributed by atoms with Crippen molar-refractivity contribution in [2.75, 3.05) is 11.5 Å². The molecule has 0 unspecified atom stereocenters. The van der Waals surface area contributed by atoms with Crippen LogP contribution in [0.4, 0.5) is 0 Å². The van der Waals surface area contributed by atoms with Crippen molar-refractivity contribution in [3.05, 3.63) is 11.9 Å². The Kier molecular flexibility index (Phi) is 5.31. The lowest BCUT2D eigenvalue weighted by Gasteiger charge is -2.02. The van der Waals surface area contributed by atoms with Crippen LogP contribution in [0.1, 0.15) is 18.5 Å². The van der Waals surface area contributed by atoms with Gasteiger partial charge in [0.05, 0.1) is 18.4 Å². The van der Waals surface area contributed by atoms with Gasteiger partial charge in [-0.1, -0.05) is 5.21 Å². The van der Waals surface area contributed by atoms with Crippen LogP contribution in [0.5, 0.6) is 0 Å². The van der Waals surface area contributed by atoms with Gasteiger partial charge in [0.2, 0.25) is 0 Å². The van der Waals surface area contributed by atoms with Crippen LogP contribution in [-0.4, -0.2) is 26.5 Å². The maximum atomic E-state index is 4.17. The summed E-state index contributed by atoms with van der Waals surface area (Å²) in [4.78, 5) is 0. The molecule has 0 aromatic carbocycles. The van der Waals surface area contributed by atoms with E-state index in [2.05, 4.69) is 35.6 Å². The third kappa shape index (κ3) is 3.60. The fourth-order valence-corrected chi connectivity index (χ4v) is 1.59. The first-order valence-corrected chi connectivity index (χ1v) is 5.74. The van der Waals surface area contributed by atoms with E-state index >= 15 is 0 Å². The van der Waals surface area contributed by atoms with Gasteiger partial charge < -0.3 is 0 Å². The largest absolute Gasteiger partial charge is 0.249 e. The number of thiol groups is 2. The first kappa shape index (κ1) is 10.9. The van der Waals surface area contributed by atoms with Gasteiger partial charge in [-0.05, 0) is 25.0 Å². The highest BCUT2D eigenvalue weighted by molar-refractivity contribution is 7.80. The second-order valence-electron chi connectivity index (χ2n) is 2.85. The van der Waals surface area contributed by atoms with Gasteiger partial charge in [-0.2, -0.15) is 25.3 Å². The molecule has 3 nitrogen and oxygen atoms in total. The number of nitrogens with zero attached hydrogens (tertiary/aromatic N) is 3. The van der Waals surface area contributed by atoms with Crippen LogP contribution < -0.4 is 0 Å². The maximum Gasteiger partial charge on any atom is 0.0725 e. The van der Waals surface area contributed by atoms with Gasteiger partial charge >= 0.3 is 0 Å². The smallest absolute Gasteiger partial charge is 0.0725 e. The maximum absolute atomic E-state index is 4.17. The average Bonchev–Trinajstić information content (AvgIpc) is 2.54. The molecule has 0 amide bonds. The Balaban J connectivity index is 2.40. The van der Waals surface area contributed by atoms with E-state index in [0.29, 0.717) is 0 Å². The lowest BCUT2D eigenvalue weighted by atomic mass is 10.2. The highest BCUT2D eigenvalue weighted by atomic mass is 32.1. The van der Waals surface area contributed by atoms with E-state index < -0.39 is 0 Å². The van der Waals surface area contributed by atoms with Crippen LogP contribution >= 0.6 is 25.3 Å². The molecule has 0 spiro atoms. The number of aromatic nitrogens is 3. The Morgan fingerprint density at radius 2 is 2.08 bits per heavy atom. The van der Waals surface area contributed by atoms with Crippen molar-refractivity contribution < 1.29 is 0 Å². The SMILES string of the molecule is SCCCCc1cnnn1CCS. The van der Waals surface area contributed by atoms with Crippen LogP contribution in [0.15, 0.2) is 6.20 Å². The molecule has 0 bridgehead atoms. The van der Waals surface area contributed by atoms with Crippen LogP contribution in [0.3, 0.4) is 0 Å². The summed E-state index contributed by atoms with van der Waals surface area (Å²) in [6, 6.07) is 0. The summed E-state index contributed by atoms with van der Waals surface area (Å²) in [7, 11) is 0. The van der Waals surface area contributed by atoms with Gasteiger partial charge in [-0.25, -0.2) is 4.68 Å². The fourth-order valence-electron chi connectivity index (χ4n) is 1.17. The van der Waals surface area contributed by atoms with E-state index in [-0.39, 0.29) is 0 Å². The quantitative estimate of drug-likeness (QED) is 0.558. The van der Waals surface area contributed by atoms with E-state index in [4.69, 9.17) is 0 Å². The van der Waals surface area contributed by atoms with Gasteiger partial charge in [0, 0.05) is 5.75 Å². The summed E-state index contributed by atoms with van der Waals surface area (Å²) in [5.41, 5.74) is 1.20. The molecule has 0 fully saturated rings. The molecule has 1 rings (SSSR count). The molecule has 1 aromatic heterocycles. The topological polar surface area (TPSA) is 30.7 Å². The van der Waals surface area contributed by atoms with Crippen LogP contribution in [0.2, 0.25) is 0 Å². The molecule has 0 atom stereocenters. The normalized spacial score (nSPS) is 10.6. The third-order valence-electron chi connectivity index (χ3n) is 1.85. The standard InChI is InChI=1S/C8H15N3S2/c12-5-2-1-3-8-7-9-10-11(8)4-6-13/h7,12-13H,1-6H2. The van der Waals surface area contributed by atoms with Crippen LogP contribution in [-0.2, 0) is 13.0 Å². The molecule has 0 radical (unpaired) electrons. The van der Waals surface area contributed by atoms with Crippen molar-refractivity contribution in [3.8, 4) is 0 Å². The highest BCUT2D eigenvalue weighted by Crippen LogP contribution is 2.04. The predicted molar refractivity (Wildman–Crippen MR) is 60.7 cm³/mol. The summed E-state index contributed by atoms with van der Waals surface area (Å²) in [6.07, 6.45) is 5.18. The van der Waals surface area contributed by atoms with E-state index in [1.165, 1.54) is 5.69 Å². The minimum absolute atomic E-state index is 0.808. The molecule has 5 heteroatoms. The molecule has 1 heterocycles. The zero-order valence-electron chi connectivity index (χ0n) is 7.56. The minimum Gasteiger partial charge on any atom is -0.249 e. The Morgan fingerprint density at radius 3 is 2.77 bits per heavy atom. The first-order valence-electron chi connectivity index (χ1n) is 4.47. The summed E-state index contributed by atoms with van der Waals surface area (Å²) in [5, 5.41) is 7.86. The number of rotatable bonds is 6.